The standard InChI is InChI=1S/C21H20FN3O3/c1-2-24-8-7-15-12-23(13-18(15)19(24)26)10-14(9-22)11-25-20(27)16-5-3-4-6-17(16)21(25)28/h3-6,9,12-13H,2,7-8,10-11H2,1H3/b14-9-. The highest BCUT2D eigenvalue weighted by atomic mass is 19.1. The summed E-state index contributed by atoms with van der Waals surface area (Å²) in [6.07, 6.45) is 4.75. The van der Waals surface area contributed by atoms with Gasteiger partial charge in [-0.2, -0.15) is 0 Å². The number of rotatable bonds is 5. The van der Waals surface area contributed by atoms with Crippen molar-refractivity contribution in [3.63, 3.8) is 0 Å². The molecule has 2 aliphatic heterocycles. The van der Waals surface area contributed by atoms with Crippen LogP contribution >= 0.6 is 0 Å². The van der Waals surface area contributed by atoms with E-state index in [1.807, 2.05) is 13.1 Å². The lowest BCUT2D eigenvalue weighted by Gasteiger charge is -2.25. The number of amides is 3. The average molecular weight is 381 g/mol. The van der Waals surface area contributed by atoms with Crippen LogP contribution in [-0.4, -0.2) is 51.7 Å². The molecule has 4 rings (SSSR count). The van der Waals surface area contributed by atoms with Gasteiger partial charge in [-0.1, -0.05) is 12.1 Å². The van der Waals surface area contributed by atoms with E-state index in [2.05, 4.69) is 0 Å². The quantitative estimate of drug-likeness (QED) is 0.748. The lowest BCUT2D eigenvalue weighted by molar-refractivity contribution is 0.0665. The fourth-order valence-corrected chi connectivity index (χ4v) is 3.81. The summed E-state index contributed by atoms with van der Waals surface area (Å²) in [4.78, 5) is 40.2. The maximum Gasteiger partial charge on any atom is 0.261 e. The highest BCUT2D eigenvalue weighted by Gasteiger charge is 2.35. The molecule has 0 saturated heterocycles. The Morgan fingerprint density at radius 1 is 1.00 bits per heavy atom. The molecule has 1 aromatic carbocycles. The van der Waals surface area contributed by atoms with Crippen molar-refractivity contribution >= 4 is 17.7 Å². The number of imide groups is 1. The maximum atomic E-state index is 13.6. The van der Waals surface area contributed by atoms with Crippen LogP contribution in [0.2, 0.25) is 0 Å². The molecule has 0 saturated carbocycles. The van der Waals surface area contributed by atoms with E-state index < -0.39 is 11.8 Å². The highest BCUT2D eigenvalue weighted by Crippen LogP contribution is 2.25. The topological polar surface area (TPSA) is 62.6 Å². The van der Waals surface area contributed by atoms with Crippen molar-refractivity contribution in [3.05, 3.63) is 70.8 Å². The van der Waals surface area contributed by atoms with Crippen molar-refractivity contribution < 1.29 is 18.8 Å². The number of benzene rings is 1. The summed E-state index contributed by atoms with van der Waals surface area (Å²) in [6.45, 7) is 3.30. The van der Waals surface area contributed by atoms with Gasteiger partial charge in [0.1, 0.15) is 0 Å². The molecule has 2 aliphatic rings. The van der Waals surface area contributed by atoms with Crippen molar-refractivity contribution in [1.29, 1.82) is 0 Å². The van der Waals surface area contributed by atoms with Crippen LogP contribution < -0.4 is 0 Å². The molecular weight excluding hydrogens is 361 g/mol. The number of carbonyl (C=O) groups is 3. The summed E-state index contributed by atoms with van der Waals surface area (Å²) < 4.78 is 15.3. The predicted octanol–water partition coefficient (Wildman–Crippen LogP) is 2.66. The molecule has 2 aromatic rings. The summed E-state index contributed by atoms with van der Waals surface area (Å²) in [5.41, 5.74) is 2.53. The zero-order chi connectivity index (χ0) is 19.8. The van der Waals surface area contributed by atoms with Crippen LogP contribution in [0.3, 0.4) is 0 Å². The molecule has 0 spiro atoms. The maximum absolute atomic E-state index is 13.6. The van der Waals surface area contributed by atoms with Crippen LogP contribution in [-0.2, 0) is 13.0 Å². The van der Waals surface area contributed by atoms with Gasteiger partial charge in [0.05, 0.1) is 29.6 Å². The Morgan fingerprint density at radius 3 is 2.29 bits per heavy atom. The number of nitrogens with zero attached hydrogens (tertiary/aromatic N) is 3. The fraction of sp³-hybridized carbons (Fsp3) is 0.286. The minimum absolute atomic E-state index is 0.0198. The van der Waals surface area contributed by atoms with Gasteiger partial charge in [-0.15, -0.1) is 0 Å². The third kappa shape index (κ3) is 2.93. The first-order chi connectivity index (χ1) is 13.5. The number of aromatic nitrogens is 1. The summed E-state index contributed by atoms with van der Waals surface area (Å²) in [6, 6.07) is 6.58. The van der Waals surface area contributed by atoms with E-state index in [4.69, 9.17) is 0 Å². The minimum atomic E-state index is -0.416. The highest BCUT2D eigenvalue weighted by molar-refractivity contribution is 6.21. The number of fused-ring (bicyclic) bond motifs is 2. The summed E-state index contributed by atoms with van der Waals surface area (Å²) in [5.74, 6) is -0.852. The van der Waals surface area contributed by atoms with Gasteiger partial charge in [-0.05, 0) is 36.6 Å². The smallest absolute Gasteiger partial charge is 0.261 e. The number of hydrogen-bond acceptors (Lipinski definition) is 3. The van der Waals surface area contributed by atoms with Crippen LogP contribution in [0.25, 0.3) is 0 Å². The molecule has 1 aromatic heterocycles. The lowest BCUT2D eigenvalue weighted by atomic mass is 10.1. The molecule has 0 bridgehead atoms. The molecule has 3 heterocycles. The second-order valence-electron chi connectivity index (χ2n) is 7.01. The largest absolute Gasteiger partial charge is 0.349 e. The third-order valence-corrected chi connectivity index (χ3v) is 5.29. The van der Waals surface area contributed by atoms with Gasteiger partial charge in [0.25, 0.3) is 17.7 Å². The van der Waals surface area contributed by atoms with Gasteiger partial charge in [-0.25, -0.2) is 4.39 Å². The van der Waals surface area contributed by atoms with E-state index in [-0.39, 0.29) is 24.6 Å². The number of likely N-dealkylation sites (N-methyl/N-ethyl adjacent to an activating group) is 1. The SMILES string of the molecule is CCN1CCc2cn(C/C(=C/F)CN3C(=O)c4ccccc4C3=O)cc2C1=O. The average Bonchev–Trinajstić information content (AvgIpc) is 3.23. The first-order valence-corrected chi connectivity index (χ1v) is 9.24. The molecule has 0 unspecified atom stereocenters. The van der Waals surface area contributed by atoms with Gasteiger partial charge in [0.15, 0.2) is 0 Å². The van der Waals surface area contributed by atoms with Gasteiger partial charge in [0.2, 0.25) is 0 Å². The van der Waals surface area contributed by atoms with E-state index >= 15 is 0 Å². The Hall–Kier alpha value is -3.22. The van der Waals surface area contributed by atoms with Crippen LogP contribution in [0.5, 0.6) is 0 Å². The zero-order valence-corrected chi connectivity index (χ0v) is 15.5. The van der Waals surface area contributed by atoms with Crippen molar-refractivity contribution in [1.82, 2.24) is 14.4 Å². The van der Waals surface area contributed by atoms with E-state index in [1.165, 1.54) is 0 Å². The molecule has 7 heteroatoms. The monoisotopic (exact) mass is 381 g/mol. The van der Waals surface area contributed by atoms with E-state index in [9.17, 15) is 18.8 Å². The second kappa shape index (κ2) is 7.07. The Labute approximate surface area is 161 Å². The first kappa shape index (κ1) is 18.2. The van der Waals surface area contributed by atoms with E-state index in [0.29, 0.717) is 36.1 Å². The Balaban J connectivity index is 1.51. The van der Waals surface area contributed by atoms with Crippen molar-refractivity contribution in [2.45, 2.75) is 19.9 Å². The molecule has 3 amide bonds. The summed E-state index contributed by atoms with van der Waals surface area (Å²) in [7, 11) is 0. The molecule has 0 atom stereocenters. The molecule has 0 aliphatic carbocycles. The number of halogens is 1. The van der Waals surface area contributed by atoms with E-state index in [1.54, 1.807) is 39.9 Å². The normalized spacial score (nSPS) is 16.6. The summed E-state index contributed by atoms with van der Waals surface area (Å²) >= 11 is 0. The zero-order valence-electron chi connectivity index (χ0n) is 15.5. The van der Waals surface area contributed by atoms with Crippen molar-refractivity contribution in [2.75, 3.05) is 19.6 Å². The second-order valence-corrected chi connectivity index (χ2v) is 7.01. The molecule has 6 nitrogen and oxygen atoms in total. The van der Waals surface area contributed by atoms with Crippen LogP contribution in [0.15, 0.2) is 48.6 Å². The van der Waals surface area contributed by atoms with Crippen LogP contribution in [0, 0.1) is 0 Å². The molecular formula is C21H20FN3O3. The Morgan fingerprint density at radius 2 is 1.68 bits per heavy atom. The molecule has 0 radical (unpaired) electrons. The van der Waals surface area contributed by atoms with Gasteiger partial charge >= 0.3 is 0 Å². The van der Waals surface area contributed by atoms with Crippen molar-refractivity contribution in [2.24, 2.45) is 0 Å². The lowest BCUT2D eigenvalue weighted by Crippen LogP contribution is -2.36. The van der Waals surface area contributed by atoms with Crippen LogP contribution in [0.4, 0.5) is 4.39 Å². The number of hydrogen-bond donors (Lipinski definition) is 0. The Bertz CT molecular complexity index is 973. The van der Waals surface area contributed by atoms with Gasteiger partial charge < -0.3 is 9.47 Å². The van der Waals surface area contributed by atoms with Gasteiger partial charge in [0, 0.05) is 32.0 Å². The molecule has 0 N–H and O–H groups in total. The molecule has 144 valence electrons. The third-order valence-electron chi connectivity index (χ3n) is 5.29. The van der Waals surface area contributed by atoms with Crippen molar-refractivity contribution in [3.8, 4) is 0 Å². The molecule has 28 heavy (non-hydrogen) atoms. The van der Waals surface area contributed by atoms with E-state index in [0.717, 1.165) is 16.9 Å². The fourth-order valence-electron chi connectivity index (χ4n) is 3.81. The van der Waals surface area contributed by atoms with Gasteiger partial charge in [-0.3, -0.25) is 19.3 Å². The Kier molecular flexibility index (Phi) is 4.58. The first-order valence-electron chi connectivity index (χ1n) is 9.24. The summed E-state index contributed by atoms with van der Waals surface area (Å²) in [5, 5.41) is 0. The number of carbonyl (C=O) groups excluding carboxylic acids is 3. The molecule has 0 fully saturated rings. The van der Waals surface area contributed by atoms with Crippen LogP contribution in [0.1, 0.15) is 43.6 Å². The predicted molar refractivity (Wildman–Crippen MR) is 101 cm³/mol. The minimum Gasteiger partial charge on any atom is -0.349 e.